The van der Waals surface area contributed by atoms with Gasteiger partial charge in [0.05, 0.1) is 17.8 Å². The number of nitrogens with zero attached hydrogens (tertiary/aromatic N) is 2. The minimum Gasteiger partial charge on any atom is -0.492 e. The zero-order valence-corrected chi connectivity index (χ0v) is 13.9. The topological polar surface area (TPSA) is 86.0 Å². The quantitative estimate of drug-likeness (QED) is 0.476. The van der Waals surface area contributed by atoms with Gasteiger partial charge in [-0.15, -0.1) is 17.5 Å². The Kier molecular flexibility index (Phi) is 7.94. The molecule has 122 valence electrons. The molecule has 2 rings (SSSR count). The lowest BCUT2D eigenvalue weighted by atomic mass is 10.2. The van der Waals surface area contributed by atoms with E-state index < -0.39 is 0 Å². The first-order valence-corrected chi connectivity index (χ1v) is 7.11. The molecule has 0 saturated heterocycles. The molecule has 0 aliphatic carbocycles. The molecule has 0 saturated carbocycles. The molecular weight excluding hydrogens is 335 g/mol. The van der Waals surface area contributed by atoms with Crippen molar-refractivity contribution in [3.63, 3.8) is 0 Å². The van der Waals surface area contributed by atoms with Crippen molar-refractivity contribution < 1.29 is 4.74 Å². The maximum Gasteiger partial charge on any atom is 0.211 e. The van der Waals surface area contributed by atoms with Crippen LogP contribution in [0.1, 0.15) is 11.1 Å². The zero-order chi connectivity index (χ0) is 15.8. The van der Waals surface area contributed by atoms with Crippen LogP contribution < -0.4 is 16.2 Å². The molecule has 0 aliphatic rings. The molecule has 23 heavy (non-hydrogen) atoms. The fourth-order valence-electron chi connectivity index (χ4n) is 1.80. The minimum atomic E-state index is -0.0942. The number of nitrogens with two attached hydrogens (primary N) is 2. The van der Waals surface area contributed by atoms with Gasteiger partial charge in [-0.05, 0) is 29.3 Å². The van der Waals surface area contributed by atoms with E-state index in [1.165, 1.54) is 11.8 Å². The van der Waals surface area contributed by atoms with E-state index in [0.29, 0.717) is 17.4 Å². The summed E-state index contributed by atoms with van der Waals surface area (Å²) in [7, 11) is 0. The summed E-state index contributed by atoms with van der Waals surface area (Å²) < 4.78 is 5.69. The second kappa shape index (κ2) is 9.71. The van der Waals surface area contributed by atoms with Gasteiger partial charge < -0.3 is 16.2 Å². The lowest BCUT2D eigenvalue weighted by molar-refractivity contribution is 0.322. The van der Waals surface area contributed by atoms with E-state index in [0.717, 1.165) is 12.0 Å². The van der Waals surface area contributed by atoms with Gasteiger partial charge in [0, 0.05) is 6.42 Å². The fraction of sp³-hybridized carbons (Fsp3) is 0.125. The van der Waals surface area contributed by atoms with Crippen molar-refractivity contribution in [2.75, 3.05) is 6.61 Å². The molecule has 0 radical (unpaired) electrons. The van der Waals surface area contributed by atoms with E-state index in [9.17, 15) is 0 Å². The Balaban J connectivity index is 0.00000264. The highest BCUT2D eigenvalue weighted by Crippen LogP contribution is 2.25. The van der Waals surface area contributed by atoms with Gasteiger partial charge in [0.25, 0.3) is 0 Å². The van der Waals surface area contributed by atoms with Crippen LogP contribution in [0, 0.1) is 0 Å². The summed E-state index contributed by atoms with van der Waals surface area (Å²) in [5.74, 6) is 0.541. The van der Waals surface area contributed by atoms with Crippen LogP contribution in [-0.2, 0) is 6.42 Å². The van der Waals surface area contributed by atoms with Crippen LogP contribution in [0.25, 0.3) is 0 Å². The predicted octanol–water partition coefficient (Wildman–Crippen LogP) is 2.99. The SMILES string of the molecule is Cl.NC(N)=NN=Cc1ccc(OCCc2ccccc2)c(Cl)c1. The molecule has 0 aromatic heterocycles. The molecule has 0 amide bonds. The molecule has 0 heterocycles. The molecule has 0 fully saturated rings. The smallest absolute Gasteiger partial charge is 0.211 e. The summed E-state index contributed by atoms with van der Waals surface area (Å²) in [5.41, 5.74) is 12.4. The van der Waals surface area contributed by atoms with Gasteiger partial charge in [-0.2, -0.15) is 5.10 Å². The van der Waals surface area contributed by atoms with Crippen LogP contribution in [0.5, 0.6) is 5.75 Å². The third-order valence-corrected chi connectivity index (χ3v) is 3.12. The average Bonchev–Trinajstić information content (AvgIpc) is 2.50. The van der Waals surface area contributed by atoms with E-state index in [1.54, 1.807) is 12.1 Å². The molecule has 2 aromatic rings. The number of hydrogen-bond acceptors (Lipinski definition) is 3. The standard InChI is InChI=1S/C16H17ClN4O.ClH/c17-14-10-13(11-20-21-16(18)19)6-7-15(14)22-9-8-12-4-2-1-3-5-12;/h1-7,10-11H,8-9H2,(H4,18,19,21);1H. The van der Waals surface area contributed by atoms with Crippen molar-refractivity contribution >= 4 is 36.2 Å². The van der Waals surface area contributed by atoms with Gasteiger partial charge in [-0.1, -0.05) is 41.9 Å². The highest BCUT2D eigenvalue weighted by atomic mass is 35.5. The Bertz CT molecular complexity index is 671. The Hall–Kier alpha value is -2.24. The van der Waals surface area contributed by atoms with Crippen LogP contribution in [-0.4, -0.2) is 18.8 Å². The summed E-state index contributed by atoms with van der Waals surface area (Å²) in [6, 6.07) is 15.5. The van der Waals surface area contributed by atoms with E-state index in [1.807, 2.05) is 24.3 Å². The van der Waals surface area contributed by atoms with Crippen molar-refractivity contribution in [1.29, 1.82) is 0 Å². The molecular formula is C16H18Cl2N4O. The van der Waals surface area contributed by atoms with Crippen molar-refractivity contribution in [2.24, 2.45) is 21.7 Å². The average molecular weight is 353 g/mol. The minimum absolute atomic E-state index is 0. The van der Waals surface area contributed by atoms with Gasteiger partial charge >= 0.3 is 0 Å². The van der Waals surface area contributed by atoms with Crippen LogP contribution in [0.3, 0.4) is 0 Å². The highest BCUT2D eigenvalue weighted by Gasteiger charge is 2.02. The molecule has 7 heteroatoms. The third-order valence-electron chi connectivity index (χ3n) is 2.83. The van der Waals surface area contributed by atoms with Crippen LogP contribution in [0.15, 0.2) is 58.7 Å². The predicted molar refractivity (Wildman–Crippen MR) is 97.7 cm³/mol. The van der Waals surface area contributed by atoms with Crippen molar-refractivity contribution in [1.82, 2.24) is 0 Å². The summed E-state index contributed by atoms with van der Waals surface area (Å²) in [6.07, 6.45) is 2.34. The van der Waals surface area contributed by atoms with Crippen LogP contribution in [0.2, 0.25) is 5.02 Å². The maximum absolute atomic E-state index is 6.18. The number of benzene rings is 2. The van der Waals surface area contributed by atoms with Gasteiger partial charge in [0.15, 0.2) is 0 Å². The summed E-state index contributed by atoms with van der Waals surface area (Å²) in [6.45, 7) is 0.561. The van der Waals surface area contributed by atoms with E-state index in [4.69, 9.17) is 27.8 Å². The van der Waals surface area contributed by atoms with Gasteiger partial charge in [0.1, 0.15) is 5.75 Å². The number of rotatable bonds is 6. The van der Waals surface area contributed by atoms with Crippen LogP contribution in [0.4, 0.5) is 0 Å². The summed E-state index contributed by atoms with van der Waals surface area (Å²) in [4.78, 5) is 0. The molecule has 4 N–H and O–H groups in total. The van der Waals surface area contributed by atoms with Gasteiger partial charge in [-0.3, -0.25) is 0 Å². The number of halogens is 2. The Morgan fingerprint density at radius 2 is 1.87 bits per heavy atom. The Labute approximate surface area is 146 Å². The lowest BCUT2D eigenvalue weighted by Gasteiger charge is -2.08. The lowest BCUT2D eigenvalue weighted by Crippen LogP contribution is -2.21. The second-order valence-electron chi connectivity index (χ2n) is 4.54. The molecule has 0 unspecified atom stereocenters. The fourth-order valence-corrected chi connectivity index (χ4v) is 2.04. The Morgan fingerprint density at radius 3 is 2.52 bits per heavy atom. The maximum atomic E-state index is 6.18. The number of guanidine groups is 1. The number of ether oxygens (including phenoxy) is 1. The molecule has 2 aromatic carbocycles. The number of hydrogen-bond donors (Lipinski definition) is 2. The van der Waals surface area contributed by atoms with E-state index >= 15 is 0 Å². The first-order valence-electron chi connectivity index (χ1n) is 6.73. The third kappa shape index (κ3) is 6.59. The molecule has 5 nitrogen and oxygen atoms in total. The molecule has 0 atom stereocenters. The van der Waals surface area contributed by atoms with E-state index in [-0.39, 0.29) is 18.4 Å². The highest BCUT2D eigenvalue weighted by molar-refractivity contribution is 6.32. The summed E-state index contributed by atoms with van der Waals surface area (Å²) >= 11 is 6.18. The molecule has 0 bridgehead atoms. The van der Waals surface area contributed by atoms with Crippen molar-refractivity contribution in [3.8, 4) is 5.75 Å². The van der Waals surface area contributed by atoms with Gasteiger partial charge in [-0.25, -0.2) is 0 Å². The first-order chi connectivity index (χ1) is 10.6. The second-order valence-corrected chi connectivity index (χ2v) is 4.95. The molecule has 0 aliphatic heterocycles. The largest absolute Gasteiger partial charge is 0.492 e. The Morgan fingerprint density at radius 1 is 1.13 bits per heavy atom. The summed E-state index contributed by atoms with van der Waals surface area (Å²) in [5, 5.41) is 7.77. The molecule has 0 spiro atoms. The van der Waals surface area contributed by atoms with Crippen molar-refractivity contribution in [3.05, 3.63) is 64.7 Å². The van der Waals surface area contributed by atoms with Crippen molar-refractivity contribution in [2.45, 2.75) is 6.42 Å². The van der Waals surface area contributed by atoms with Gasteiger partial charge in [0.2, 0.25) is 5.96 Å². The zero-order valence-electron chi connectivity index (χ0n) is 12.4. The normalized spacial score (nSPS) is 10.1. The monoisotopic (exact) mass is 352 g/mol. The first kappa shape index (κ1) is 18.8. The van der Waals surface area contributed by atoms with E-state index in [2.05, 4.69) is 22.3 Å². The van der Waals surface area contributed by atoms with Crippen LogP contribution >= 0.6 is 24.0 Å².